The summed E-state index contributed by atoms with van der Waals surface area (Å²) >= 11 is 4.41. The Labute approximate surface area is 216 Å². The average molecular weight is 556 g/mol. The molecule has 5 nitrogen and oxygen atoms in total. The lowest BCUT2D eigenvalue weighted by atomic mass is 10.1. The third-order valence-corrected chi connectivity index (χ3v) is 6.75. The summed E-state index contributed by atoms with van der Waals surface area (Å²) in [4.78, 5) is 27.1. The molecular weight excluding hydrogens is 533 g/mol. The van der Waals surface area contributed by atoms with Gasteiger partial charge in [0, 0.05) is 5.56 Å². The van der Waals surface area contributed by atoms with Gasteiger partial charge < -0.3 is 9.47 Å². The minimum atomic E-state index is -0.348. The van der Waals surface area contributed by atoms with E-state index >= 15 is 0 Å². The highest BCUT2D eigenvalue weighted by molar-refractivity contribution is 9.10. The van der Waals surface area contributed by atoms with E-state index in [9.17, 15) is 14.0 Å². The van der Waals surface area contributed by atoms with Gasteiger partial charge in [-0.2, -0.15) is 0 Å². The minimum Gasteiger partial charge on any atom is -0.490 e. The highest BCUT2D eigenvalue weighted by Crippen LogP contribution is 2.40. The van der Waals surface area contributed by atoms with Crippen LogP contribution >= 0.6 is 27.7 Å². The van der Waals surface area contributed by atoms with Crippen molar-refractivity contribution in [2.24, 2.45) is 0 Å². The first kappa shape index (κ1) is 25.0. The predicted octanol–water partition coefficient (Wildman–Crippen LogP) is 7.11. The molecule has 0 spiro atoms. The molecule has 1 heterocycles. The van der Waals surface area contributed by atoms with E-state index in [0.717, 1.165) is 22.9 Å². The molecule has 0 aliphatic carbocycles. The molecule has 35 heavy (non-hydrogen) atoms. The number of nitrogens with zero attached hydrogens (tertiary/aromatic N) is 1. The van der Waals surface area contributed by atoms with Gasteiger partial charge in [-0.15, -0.1) is 0 Å². The number of benzene rings is 3. The summed E-state index contributed by atoms with van der Waals surface area (Å²) in [5.41, 5.74) is 3.05. The van der Waals surface area contributed by atoms with Crippen LogP contribution in [0.5, 0.6) is 11.5 Å². The van der Waals surface area contributed by atoms with Crippen molar-refractivity contribution in [3.05, 3.63) is 98.1 Å². The standard InChI is InChI=1S/C27H23BrFNO4S/c1-3-33-23-13-19(12-21(28)25(23)34-16-20-9-4-5-10-22(20)29)14-24-26(31)30(27(32)35-24)15-18-8-6-7-17(2)11-18/h4-14H,3,15-16H2,1-2H3/b24-14-. The number of rotatable bonds is 8. The molecular formula is C27H23BrFNO4S. The van der Waals surface area contributed by atoms with Crippen LogP contribution in [0.3, 0.4) is 0 Å². The lowest BCUT2D eigenvalue weighted by Gasteiger charge is -2.15. The zero-order valence-electron chi connectivity index (χ0n) is 19.2. The summed E-state index contributed by atoms with van der Waals surface area (Å²) in [6.45, 7) is 4.45. The van der Waals surface area contributed by atoms with Gasteiger partial charge in [0.1, 0.15) is 12.4 Å². The number of aryl methyl sites for hydroxylation is 1. The number of imide groups is 1. The van der Waals surface area contributed by atoms with Gasteiger partial charge >= 0.3 is 0 Å². The summed E-state index contributed by atoms with van der Waals surface area (Å²) in [5, 5.41) is -0.309. The highest BCUT2D eigenvalue weighted by atomic mass is 79.9. The second-order valence-corrected chi connectivity index (χ2v) is 9.75. The fourth-order valence-electron chi connectivity index (χ4n) is 3.62. The number of halogens is 2. The molecule has 3 aromatic carbocycles. The number of carbonyl (C=O) groups excluding carboxylic acids is 2. The molecule has 8 heteroatoms. The van der Waals surface area contributed by atoms with Gasteiger partial charge in [0.2, 0.25) is 0 Å². The molecule has 0 atom stereocenters. The van der Waals surface area contributed by atoms with E-state index in [1.807, 2.05) is 38.1 Å². The molecule has 1 saturated heterocycles. The maximum atomic E-state index is 14.0. The molecule has 180 valence electrons. The SMILES string of the molecule is CCOc1cc(/C=C2\SC(=O)N(Cc3cccc(C)c3)C2=O)cc(Br)c1OCc1ccccc1F. The van der Waals surface area contributed by atoms with E-state index in [-0.39, 0.29) is 30.1 Å². The van der Waals surface area contributed by atoms with Crippen LogP contribution < -0.4 is 9.47 Å². The van der Waals surface area contributed by atoms with Crippen molar-refractivity contribution in [1.29, 1.82) is 0 Å². The molecule has 0 aromatic heterocycles. The maximum absolute atomic E-state index is 14.0. The second-order valence-electron chi connectivity index (χ2n) is 7.90. The van der Waals surface area contributed by atoms with Crippen molar-refractivity contribution in [1.82, 2.24) is 4.90 Å². The van der Waals surface area contributed by atoms with Crippen molar-refractivity contribution >= 4 is 44.9 Å². The van der Waals surface area contributed by atoms with Gasteiger partial charge in [0.05, 0.1) is 22.5 Å². The zero-order chi connectivity index (χ0) is 24.9. The van der Waals surface area contributed by atoms with E-state index in [0.29, 0.717) is 38.6 Å². The summed E-state index contributed by atoms with van der Waals surface area (Å²) in [6.07, 6.45) is 1.66. The van der Waals surface area contributed by atoms with Gasteiger partial charge in [-0.3, -0.25) is 14.5 Å². The number of hydrogen-bond acceptors (Lipinski definition) is 5. The number of hydrogen-bond donors (Lipinski definition) is 0. The third-order valence-electron chi connectivity index (χ3n) is 5.26. The lowest BCUT2D eigenvalue weighted by Crippen LogP contribution is -2.27. The Morgan fingerprint density at radius 2 is 1.86 bits per heavy atom. The Hall–Kier alpha value is -3.10. The predicted molar refractivity (Wildman–Crippen MR) is 139 cm³/mol. The number of carbonyl (C=O) groups is 2. The molecule has 0 saturated carbocycles. The van der Waals surface area contributed by atoms with Gasteiger partial charge in [-0.25, -0.2) is 4.39 Å². The Morgan fingerprint density at radius 3 is 2.60 bits per heavy atom. The number of amides is 2. The van der Waals surface area contributed by atoms with Crippen LogP contribution in [0.1, 0.15) is 29.2 Å². The van der Waals surface area contributed by atoms with E-state index in [1.54, 1.807) is 36.4 Å². The van der Waals surface area contributed by atoms with Crippen LogP contribution in [0.2, 0.25) is 0 Å². The normalized spacial score (nSPS) is 14.6. The topological polar surface area (TPSA) is 55.8 Å². The first-order valence-corrected chi connectivity index (χ1v) is 12.6. The van der Waals surface area contributed by atoms with E-state index in [4.69, 9.17) is 9.47 Å². The quantitative estimate of drug-likeness (QED) is 0.277. The Balaban J connectivity index is 1.56. The minimum absolute atomic E-state index is 0.0303. The largest absolute Gasteiger partial charge is 0.490 e. The second kappa shape index (κ2) is 11.1. The smallest absolute Gasteiger partial charge is 0.293 e. The molecule has 0 N–H and O–H groups in total. The molecule has 2 amide bonds. The van der Waals surface area contributed by atoms with Crippen LogP contribution in [-0.2, 0) is 17.9 Å². The van der Waals surface area contributed by atoms with Crippen LogP contribution in [0, 0.1) is 12.7 Å². The molecule has 0 radical (unpaired) electrons. The van der Waals surface area contributed by atoms with Gasteiger partial charge in [-0.05, 0) is 76.9 Å². The van der Waals surface area contributed by atoms with Crippen molar-refractivity contribution in [3.8, 4) is 11.5 Å². The first-order chi connectivity index (χ1) is 16.9. The first-order valence-electron chi connectivity index (χ1n) is 11.0. The van der Waals surface area contributed by atoms with E-state index < -0.39 is 0 Å². The van der Waals surface area contributed by atoms with E-state index in [2.05, 4.69) is 15.9 Å². The Bertz CT molecular complexity index is 1310. The van der Waals surface area contributed by atoms with Gasteiger partial charge in [0.25, 0.3) is 11.1 Å². The van der Waals surface area contributed by atoms with Gasteiger partial charge in [-0.1, -0.05) is 48.0 Å². The fraction of sp³-hybridized carbons (Fsp3) is 0.185. The van der Waals surface area contributed by atoms with Crippen molar-refractivity contribution in [3.63, 3.8) is 0 Å². The third kappa shape index (κ3) is 5.94. The summed E-state index contributed by atoms with van der Waals surface area (Å²) in [5.74, 6) is 0.193. The van der Waals surface area contributed by atoms with Crippen LogP contribution in [0.25, 0.3) is 6.08 Å². The number of thioether (sulfide) groups is 1. The Kier molecular flexibility index (Phi) is 7.93. The summed E-state index contributed by atoms with van der Waals surface area (Å²) in [6, 6.07) is 17.6. The maximum Gasteiger partial charge on any atom is 0.293 e. The summed E-state index contributed by atoms with van der Waals surface area (Å²) in [7, 11) is 0. The highest BCUT2D eigenvalue weighted by Gasteiger charge is 2.35. The average Bonchev–Trinajstić information content (AvgIpc) is 3.07. The molecule has 1 aliphatic rings. The molecule has 1 aliphatic heterocycles. The molecule has 1 fully saturated rings. The van der Waals surface area contributed by atoms with Crippen LogP contribution in [0.15, 0.2) is 70.0 Å². The van der Waals surface area contributed by atoms with Crippen molar-refractivity contribution in [2.75, 3.05) is 6.61 Å². The van der Waals surface area contributed by atoms with Gasteiger partial charge in [0.15, 0.2) is 11.5 Å². The molecule has 0 unspecified atom stereocenters. The molecule has 0 bridgehead atoms. The zero-order valence-corrected chi connectivity index (χ0v) is 21.6. The van der Waals surface area contributed by atoms with Crippen LogP contribution in [0.4, 0.5) is 9.18 Å². The number of ether oxygens (including phenoxy) is 2. The van der Waals surface area contributed by atoms with Crippen molar-refractivity contribution in [2.45, 2.75) is 27.0 Å². The lowest BCUT2D eigenvalue weighted by molar-refractivity contribution is -0.123. The fourth-order valence-corrected chi connectivity index (χ4v) is 5.03. The monoisotopic (exact) mass is 555 g/mol. The molecule has 3 aromatic rings. The Morgan fingerprint density at radius 1 is 1.06 bits per heavy atom. The van der Waals surface area contributed by atoms with Crippen LogP contribution in [-0.4, -0.2) is 22.7 Å². The molecule has 4 rings (SSSR count). The summed E-state index contributed by atoms with van der Waals surface area (Å²) < 4.78 is 26.2. The van der Waals surface area contributed by atoms with E-state index in [1.165, 1.54) is 11.0 Å². The van der Waals surface area contributed by atoms with Crippen molar-refractivity contribution < 1.29 is 23.5 Å².